The van der Waals surface area contributed by atoms with Crippen molar-refractivity contribution in [2.75, 3.05) is 11.5 Å². The third-order valence-electron chi connectivity index (χ3n) is 3.36. The SMILES string of the molecule is O=CC=CN1N=Cc2ccccc2C1C1SCCCS1. The van der Waals surface area contributed by atoms with Gasteiger partial charge >= 0.3 is 0 Å². The van der Waals surface area contributed by atoms with E-state index >= 15 is 0 Å². The number of benzene rings is 1. The van der Waals surface area contributed by atoms with Crippen LogP contribution >= 0.6 is 23.5 Å². The molecule has 0 N–H and O–H groups in total. The van der Waals surface area contributed by atoms with Gasteiger partial charge in [0.2, 0.25) is 0 Å². The molecule has 0 amide bonds. The molecule has 0 radical (unpaired) electrons. The zero-order chi connectivity index (χ0) is 13.8. The molecule has 3 nitrogen and oxygen atoms in total. The Hall–Kier alpha value is -1.20. The number of carbonyl (C=O) groups is 1. The predicted octanol–water partition coefficient (Wildman–Crippen LogP) is 3.29. The van der Waals surface area contributed by atoms with Crippen molar-refractivity contribution >= 4 is 36.0 Å². The molecule has 1 atom stereocenters. The minimum Gasteiger partial charge on any atom is -0.299 e. The Labute approximate surface area is 127 Å². The zero-order valence-corrected chi connectivity index (χ0v) is 12.6. The molecule has 0 bridgehead atoms. The van der Waals surface area contributed by atoms with Gasteiger partial charge in [0, 0.05) is 6.20 Å². The van der Waals surface area contributed by atoms with Gasteiger partial charge in [0.05, 0.1) is 16.8 Å². The highest BCUT2D eigenvalue weighted by Gasteiger charge is 2.33. The number of rotatable bonds is 3. The molecule has 1 aromatic carbocycles. The minimum atomic E-state index is 0.197. The van der Waals surface area contributed by atoms with Crippen LogP contribution in [0.5, 0.6) is 0 Å². The van der Waals surface area contributed by atoms with Crippen LogP contribution in [0, 0.1) is 0 Å². The van der Waals surface area contributed by atoms with Gasteiger partial charge in [-0.3, -0.25) is 9.80 Å². The summed E-state index contributed by atoms with van der Waals surface area (Å²) in [5, 5.41) is 6.42. The zero-order valence-electron chi connectivity index (χ0n) is 11.0. The van der Waals surface area contributed by atoms with E-state index in [1.54, 1.807) is 6.20 Å². The van der Waals surface area contributed by atoms with E-state index in [-0.39, 0.29) is 6.04 Å². The average molecular weight is 304 g/mol. The third-order valence-corrected chi connectivity index (χ3v) is 6.40. The topological polar surface area (TPSA) is 32.7 Å². The Morgan fingerprint density at radius 3 is 2.85 bits per heavy atom. The smallest absolute Gasteiger partial charge is 0.144 e. The van der Waals surface area contributed by atoms with Crippen molar-refractivity contribution in [3.63, 3.8) is 0 Å². The first-order valence-corrected chi connectivity index (χ1v) is 8.76. The summed E-state index contributed by atoms with van der Waals surface area (Å²) < 4.78 is 0.457. The lowest BCUT2D eigenvalue weighted by atomic mass is 10.0. The summed E-state index contributed by atoms with van der Waals surface area (Å²) in [4.78, 5) is 10.6. The number of hydrogen-bond donors (Lipinski definition) is 0. The minimum absolute atomic E-state index is 0.197. The van der Waals surface area contributed by atoms with Crippen LogP contribution in [0.2, 0.25) is 0 Å². The fourth-order valence-electron chi connectivity index (χ4n) is 2.46. The molecule has 0 aliphatic carbocycles. The second kappa shape index (κ2) is 6.50. The first-order valence-electron chi connectivity index (χ1n) is 6.66. The molecule has 1 saturated heterocycles. The molecule has 1 unspecified atom stereocenters. The van der Waals surface area contributed by atoms with Crippen molar-refractivity contribution in [1.82, 2.24) is 5.01 Å². The summed E-state index contributed by atoms with van der Waals surface area (Å²) in [6.07, 6.45) is 7.23. The van der Waals surface area contributed by atoms with Crippen LogP contribution in [0.25, 0.3) is 0 Å². The van der Waals surface area contributed by atoms with E-state index in [1.807, 2.05) is 40.8 Å². The van der Waals surface area contributed by atoms with Crippen LogP contribution in [-0.4, -0.2) is 33.6 Å². The molecule has 0 spiro atoms. The maximum absolute atomic E-state index is 10.6. The van der Waals surface area contributed by atoms with Crippen LogP contribution in [0.3, 0.4) is 0 Å². The summed E-state index contributed by atoms with van der Waals surface area (Å²) in [7, 11) is 0. The number of carbonyl (C=O) groups excluding carboxylic acids is 1. The lowest BCUT2D eigenvalue weighted by molar-refractivity contribution is -0.104. The second-order valence-corrected chi connectivity index (χ2v) is 7.44. The van der Waals surface area contributed by atoms with E-state index in [1.165, 1.54) is 35.1 Å². The van der Waals surface area contributed by atoms with Crippen LogP contribution < -0.4 is 0 Å². The standard InChI is InChI=1S/C15H16N2OS2/c18-8-3-7-17-14(15-19-9-4-10-20-15)13-6-2-1-5-12(13)11-16-17/h1-3,5-8,11,14-15H,4,9-10H2. The van der Waals surface area contributed by atoms with Gasteiger partial charge in [-0.1, -0.05) is 24.3 Å². The van der Waals surface area contributed by atoms with E-state index in [2.05, 4.69) is 23.3 Å². The van der Waals surface area contributed by atoms with Crippen LogP contribution in [0.15, 0.2) is 41.6 Å². The highest BCUT2D eigenvalue weighted by molar-refractivity contribution is 8.17. The number of thioether (sulfide) groups is 2. The number of hydrogen-bond acceptors (Lipinski definition) is 5. The number of nitrogens with zero attached hydrogens (tertiary/aromatic N) is 2. The quantitative estimate of drug-likeness (QED) is 0.634. The first-order chi connectivity index (χ1) is 9.90. The maximum Gasteiger partial charge on any atom is 0.144 e. The van der Waals surface area contributed by atoms with Gasteiger partial charge in [-0.15, -0.1) is 23.5 Å². The van der Waals surface area contributed by atoms with E-state index in [0.29, 0.717) is 4.58 Å². The number of allylic oxidation sites excluding steroid dienone is 1. The summed E-state index contributed by atoms with van der Waals surface area (Å²) in [5.74, 6) is 2.40. The molecule has 20 heavy (non-hydrogen) atoms. The average Bonchev–Trinajstić information content (AvgIpc) is 2.53. The highest BCUT2D eigenvalue weighted by Crippen LogP contribution is 2.44. The largest absolute Gasteiger partial charge is 0.299 e. The van der Waals surface area contributed by atoms with Crippen molar-refractivity contribution in [3.8, 4) is 0 Å². The molecule has 2 aliphatic heterocycles. The van der Waals surface area contributed by atoms with Gasteiger partial charge in [-0.2, -0.15) is 5.10 Å². The fourth-order valence-corrected chi connectivity index (χ4v) is 5.59. The van der Waals surface area contributed by atoms with Crippen LogP contribution in [0.4, 0.5) is 0 Å². The highest BCUT2D eigenvalue weighted by atomic mass is 32.2. The van der Waals surface area contributed by atoms with Gasteiger partial charge in [0.25, 0.3) is 0 Å². The fraction of sp³-hybridized carbons (Fsp3) is 0.333. The lowest BCUT2D eigenvalue weighted by Crippen LogP contribution is -2.31. The summed E-state index contributed by atoms with van der Waals surface area (Å²) in [6, 6.07) is 8.58. The molecule has 1 fully saturated rings. The Morgan fingerprint density at radius 1 is 1.25 bits per heavy atom. The van der Waals surface area contributed by atoms with Crippen molar-refractivity contribution in [1.29, 1.82) is 0 Å². The molecule has 2 aliphatic rings. The van der Waals surface area contributed by atoms with E-state index in [9.17, 15) is 4.79 Å². The maximum atomic E-state index is 10.6. The Morgan fingerprint density at radius 2 is 2.05 bits per heavy atom. The monoisotopic (exact) mass is 304 g/mol. The van der Waals surface area contributed by atoms with E-state index in [4.69, 9.17) is 0 Å². The van der Waals surface area contributed by atoms with Crippen molar-refractivity contribution < 1.29 is 4.79 Å². The van der Waals surface area contributed by atoms with E-state index < -0.39 is 0 Å². The lowest BCUT2D eigenvalue weighted by Gasteiger charge is -2.37. The van der Waals surface area contributed by atoms with Gasteiger partial charge in [0.15, 0.2) is 0 Å². The molecular weight excluding hydrogens is 288 g/mol. The van der Waals surface area contributed by atoms with Gasteiger partial charge in [-0.25, -0.2) is 0 Å². The predicted molar refractivity (Wildman–Crippen MR) is 87.1 cm³/mol. The van der Waals surface area contributed by atoms with Crippen LogP contribution in [-0.2, 0) is 4.79 Å². The normalized spacial score (nSPS) is 23.0. The van der Waals surface area contributed by atoms with Gasteiger partial charge in [0.1, 0.15) is 6.29 Å². The first kappa shape index (κ1) is 13.8. The molecule has 0 aromatic heterocycles. The number of hydrazone groups is 1. The van der Waals surface area contributed by atoms with Crippen molar-refractivity contribution in [2.45, 2.75) is 17.0 Å². The van der Waals surface area contributed by atoms with Crippen molar-refractivity contribution in [3.05, 3.63) is 47.7 Å². The summed E-state index contributed by atoms with van der Waals surface area (Å²) in [6.45, 7) is 0. The van der Waals surface area contributed by atoms with Gasteiger partial charge in [-0.05, 0) is 35.1 Å². The molecule has 0 saturated carbocycles. The molecule has 2 heterocycles. The second-order valence-electron chi connectivity index (χ2n) is 4.64. The third kappa shape index (κ3) is 2.79. The molecule has 5 heteroatoms. The van der Waals surface area contributed by atoms with Gasteiger partial charge < -0.3 is 0 Å². The Balaban J connectivity index is 1.96. The molecule has 1 aromatic rings. The Bertz CT molecular complexity index is 538. The number of fused-ring (bicyclic) bond motifs is 1. The van der Waals surface area contributed by atoms with Crippen molar-refractivity contribution in [2.24, 2.45) is 5.10 Å². The summed E-state index contributed by atoms with van der Waals surface area (Å²) >= 11 is 3.99. The van der Waals surface area contributed by atoms with E-state index in [0.717, 1.165) is 6.29 Å². The number of aldehydes is 1. The van der Waals surface area contributed by atoms with Crippen LogP contribution in [0.1, 0.15) is 23.6 Å². The summed E-state index contributed by atoms with van der Waals surface area (Å²) in [5.41, 5.74) is 2.48. The Kier molecular flexibility index (Phi) is 4.47. The molecule has 104 valence electrons. The molecular formula is C15H16N2OS2. The molecule has 3 rings (SSSR count).